The van der Waals surface area contributed by atoms with E-state index < -0.39 is 5.97 Å². The second-order valence-electron chi connectivity index (χ2n) is 6.63. The van der Waals surface area contributed by atoms with Gasteiger partial charge in [0.15, 0.2) is 16.7 Å². The van der Waals surface area contributed by atoms with Crippen LogP contribution in [0, 0.1) is 0 Å². The zero-order valence-electron chi connectivity index (χ0n) is 17.9. The van der Waals surface area contributed by atoms with Crippen molar-refractivity contribution in [3.05, 3.63) is 71.2 Å². The molecule has 1 heterocycles. The highest BCUT2D eigenvalue weighted by Gasteiger charge is 2.32. The van der Waals surface area contributed by atoms with Gasteiger partial charge in [-0.05, 0) is 67.1 Å². The molecule has 2 aromatic carbocycles. The Hall–Kier alpha value is -3.52. The fraction of sp³-hybridized carbons (Fsp3) is 0.208. The first-order chi connectivity index (χ1) is 15.5. The van der Waals surface area contributed by atoms with Gasteiger partial charge in [0, 0.05) is 6.54 Å². The lowest BCUT2D eigenvalue weighted by atomic mass is 10.2. The first-order valence-electron chi connectivity index (χ1n) is 10.1. The highest BCUT2D eigenvalue weighted by molar-refractivity contribution is 8.18. The molecule has 1 fully saturated rings. The number of nitrogens with zero attached hydrogens (tertiary/aromatic N) is 2. The van der Waals surface area contributed by atoms with Crippen LogP contribution in [0.1, 0.15) is 29.8 Å². The minimum absolute atomic E-state index is 0.0719. The van der Waals surface area contributed by atoms with Gasteiger partial charge in [-0.25, -0.2) is 4.99 Å². The first-order valence-corrected chi connectivity index (χ1v) is 10.9. The summed E-state index contributed by atoms with van der Waals surface area (Å²) < 4.78 is 11.3. The third-order valence-corrected chi connectivity index (χ3v) is 5.46. The quantitative estimate of drug-likeness (QED) is 0.427. The number of carboxylic acid groups (broad SMARTS) is 1. The number of thioether (sulfide) groups is 1. The van der Waals surface area contributed by atoms with Crippen LogP contribution in [0.3, 0.4) is 0 Å². The van der Waals surface area contributed by atoms with E-state index in [9.17, 15) is 14.7 Å². The third-order valence-electron chi connectivity index (χ3n) is 4.45. The fourth-order valence-electron chi connectivity index (χ4n) is 2.95. The van der Waals surface area contributed by atoms with E-state index >= 15 is 0 Å². The minimum atomic E-state index is -1.25. The average molecular weight is 452 g/mol. The average Bonchev–Trinajstić information content (AvgIpc) is 3.07. The molecule has 8 heteroatoms. The van der Waals surface area contributed by atoms with Crippen molar-refractivity contribution in [3.63, 3.8) is 0 Å². The van der Waals surface area contributed by atoms with Gasteiger partial charge in [0.25, 0.3) is 5.91 Å². The zero-order valence-corrected chi connectivity index (χ0v) is 18.7. The van der Waals surface area contributed by atoms with E-state index in [2.05, 4.69) is 11.6 Å². The van der Waals surface area contributed by atoms with Crippen molar-refractivity contribution in [2.45, 2.75) is 13.8 Å². The van der Waals surface area contributed by atoms with E-state index in [1.165, 1.54) is 23.9 Å². The number of benzene rings is 2. The van der Waals surface area contributed by atoms with Gasteiger partial charge in [-0.2, -0.15) is 0 Å². The molecule has 1 aliphatic rings. The second kappa shape index (κ2) is 10.7. The Kier molecular flexibility index (Phi) is 7.72. The Balaban J connectivity index is 1.88. The first kappa shape index (κ1) is 23.1. The SMILES string of the molecule is C=CCOc1ccc(/C=C2\SC(=Nc3ccc(C(=O)[O-])cc3)N(CC)C2=O)cc1OCC. The standard InChI is InChI=1S/C24H24N2O5S/c1-4-13-31-19-12-7-16(14-20(19)30-6-3)15-21-22(27)26(5-2)24(32-21)25-18-10-8-17(9-11-18)23(28)29/h4,7-12,14-15H,1,5-6,13H2,2-3H3,(H,28,29)/p-1/b21-15-,25-24?. The predicted octanol–water partition coefficient (Wildman–Crippen LogP) is 3.64. The molecule has 0 radical (unpaired) electrons. The van der Waals surface area contributed by atoms with Gasteiger partial charge in [0.05, 0.1) is 23.2 Å². The molecule has 0 spiro atoms. The third kappa shape index (κ3) is 5.39. The molecular weight excluding hydrogens is 428 g/mol. The maximum absolute atomic E-state index is 12.9. The molecule has 3 rings (SSSR count). The van der Waals surface area contributed by atoms with Crippen molar-refractivity contribution in [1.29, 1.82) is 0 Å². The number of carbonyl (C=O) groups excluding carboxylic acids is 2. The molecule has 7 nitrogen and oxygen atoms in total. The lowest BCUT2D eigenvalue weighted by Crippen LogP contribution is -2.28. The number of carbonyl (C=O) groups is 2. The highest BCUT2D eigenvalue weighted by Crippen LogP contribution is 2.36. The summed E-state index contributed by atoms with van der Waals surface area (Å²) in [4.78, 5) is 30.5. The van der Waals surface area contributed by atoms with Crippen LogP contribution >= 0.6 is 11.8 Å². The predicted molar refractivity (Wildman–Crippen MR) is 124 cm³/mol. The largest absolute Gasteiger partial charge is 0.545 e. The van der Waals surface area contributed by atoms with Gasteiger partial charge < -0.3 is 19.4 Å². The Morgan fingerprint density at radius 2 is 1.91 bits per heavy atom. The van der Waals surface area contributed by atoms with Crippen molar-refractivity contribution in [2.75, 3.05) is 19.8 Å². The summed E-state index contributed by atoms with van der Waals surface area (Å²) in [6.45, 7) is 8.71. The molecule has 2 aromatic rings. The van der Waals surface area contributed by atoms with E-state index in [1.54, 1.807) is 35.3 Å². The number of aromatic carboxylic acids is 1. The van der Waals surface area contributed by atoms with E-state index in [1.807, 2.05) is 26.0 Å². The topological polar surface area (TPSA) is 91.3 Å². The molecule has 1 amide bonds. The van der Waals surface area contributed by atoms with E-state index in [4.69, 9.17) is 9.47 Å². The maximum atomic E-state index is 12.9. The summed E-state index contributed by atoms with van der Waals surface area (Å²) in [7, 11) is 0. The Bertz CT molecular complexity index is 1080. The van der Waals surface area contributed by atoms with Crippen LogP contribution in [0.4, 0.5) is 5.69 Å². The Morgan fingerprint density at radius 3 is 2.53 bits per heavy atom. The normalized spacial score (nSPS) is 15.9. The molecule has 0 bridgehead atoms. The van der Waals surface area contributed by atoms with Crippen molar-refractivity contribution in [2.24, 2.45) is 4.99 Å². The summed E-state index contributed by atoms with van der Waals surface area (Å²) in [6.07, 6.45) is 3.45. The number of hydrogen-bond acceptors (Lipinski definition) is 7. The summed E-state index contributed by atoms with van der Waals surface area (Å²) in [5.41, 5.74) is 1.42. The molecule has 0 aromatic heterocycles. The number of ether oxygens (including phenoxy) is 2. The molecule has 1 aliphatic heterocycles. The van der Waals surface area contributed by atoms with Crippen molar-refractivity contribution in [1.82, 2.24) is 4.90 Å². The fourth-order valence-corrected chi connectivity index (χ4v) is 4.02. The lowest BCUT2D eigenvalue weighted by Gasteiger charge is -2.12. The number of aliphatic imine (C=N–C) groups is 1. The lowest BCUT2D eigenvalue weighted by molar-refractivity contribution is -0.255. The van der Waals surface area contributed by atoms with Crippen LogP contribution in [-0.2, 0) is 4.79 Å². The van der Waals surface area contributed by atoms with Gasteiger partial charge in [0.1, 0.15) is 6.61 Å². The van der Waals surface area contributed by atoms with Crippen LogP contribution < -0.4 is 14.6 Å². The summed E-state index contributed by atoms with van der Waals surface area (Å²) in [5, 5.41) is 11.4. The van der Waals surface area contributed by atoms with Gasteiger partial charge in [-0.3, -0.25) is 9.69 Å². The van der Waals surface area contributed by atoms with Crippen LogP contribution in [-0.4, -0.2) is 41.7 Å². The molecule has 0 N–H and O–H groups in total. The molecule has 0 atom stereocenters. The molecular formula is C24H23N2O5S-. The monoisotopic (exact) mass is 451 g/mol. The number of hydrogen-bond donors (Lipinski definition) is 0. The van der Waals surface area contributed by atoms with Crippen molar-refractivity contribution in [3.8, 4) is 11.5 Å². The van der Waals surface area contributed by atoms with E-state index in [0.29, 0.717) is 47.0 Å². The summed E-state index contributed by atoms with van der Waals surface area (Å²) in [5.74, 6) is -0.194. The number of rotatable bonds is 9. The van der Waals surface area contributed by atoms with Crippen molar-refractivity contribution >= 4 is 40.6 Å². The molecule has 1 saturated heterocycles. The van der Waals surface area contributed by atoms with Crippen LogP contribution in [0.5, 0.6) is 11.5 Å². The van der Waals surface area contributed by atoms with Crippen molar-refractivity contribution < 1.29 is 24.2 Å². The van der Waals surface area contributed by atoms with Crippen LogP contribution in [0.2, 0.25) is 0 Å². The minimum Gasteiger partial charge on any atom is -0.545 e. The van der Waals surface area contributed by atoms with Crippen LogP contribution in [0.25, 0.3) is 6.08 Å². The van der Waals surface area contributed by atoms with E-state index in [0.717, 1.165) is 5.56 Å². The zero-order chi connectivity index (χ0) is 23.1. The summed E-state index contributed by atoms with van der Waals surface area (Å²) >= 11 is 1.26. The van der Waals surface area contributed by atoms with Gasteiger partial charge >= 0.3 is 0 Å². The number of amides is 1. The second-order valence-corrected chi connectivity index (χ2v) is 7.64. The van der Waals surface area contributed by atoms with Crippen LogP contribution in [0.15, 0.2) is 65.0 Å². The molecule has 32 heavy (non-hydrogen) atoms. The molecule has 0 aliphatic carbocycles. The summed E-state index contributed by atoms with van der Waals surface area (Å²) in [6, 6.07) is 11.5. The Morgan fingerprint density at radius 1 is 1.16 bits per heavy atom. The number of amidine groups is 1. The smallest absolute Gasteiger partial charge is 0.266 e. The van der Waals surface area contributed by atoms with Gasteiger partial charge in [-0.1, -0.05) is 30.9 Å². The molecule has 0 unspecified atom stereocenters. The number of likely N-dealkylation sites (N-methyl/N-ethyl adjacent to an activating group) is 1. The maximum Gasteiger partial charge on any atom is 0.266 e. The highest BCUT2D eigenvalue weighted by atomic mass is 32.2. The van der Waals surface area contributed by atoms with Gasteiger partial charge in [-0.15, -0.1) is 0 Å². The Labute approximate surface area is 191 Å². The van der Waals surface area contributed by atoms with E-state index in [-0.39, 0.29) is 11.5 Å². The molecule has 0 saturated carbocycles. The van der Waals surface area contributed by atoms with Gasteiger partial charge in [0.2, 0.25) is 0 Å². The molecule has 166 valence electrons. The number of carboxylic acids is 1.